The Bertz CT molecular complexity index is 4810. The van der Waals surface area contributed by atoms with Crippen molar-refractivity contribution in [2.45, 2.75) is 105 Å². The Morgan fingerprint density at radius 2 is 0.779 bits per heavy atom. The van der Waals surface area contributed by atoms with E-state index in [4.69, 9.17) is 8.53 Å². The van der Waals surface area contributed by atoms with Gasteiger partial charge in [-0.05, 0) is 159 Å². The lowest BCUT2D eigenvalue weighted by Crippen LogP contribution is -2.61. The maximum atomic E-state index is 9.48. The molecule has 0 amide bonds. The average molecular weight is 1120 g/mol. The summed E-state index contributed by atoms with van der Waals surface area (Å²) in [6.07, 6.45) is 0. The SMILES string of the molecule is [2H]c1c([2H])c([2H])c(-c2ccc3c(c2)N(c2c(-c4ccccc4)cc(C(C)(C)C)cc2-c2ccccc2)c2cc(C(C)(C)C)cc4c2B3c2ccc(-c3cc(C(C)(C)C)cc(C(C)(C)C)c3)cc2N4c2cc(-c3ccccc3)cc3oc4ccccc4c23)c([2H])c1[2H]. The minimum atomic E-state index is -0.425. The molecule has 3 nitrogen and oxygen atoms in total. The first-order chi connectivity index (χ1) is 43.2. The van der Waals surface area contributed by atoms with Crippen molar-refractivity contribution in [1.82, 2.24) is 0 Å². The fourth-order valence-corrected chi connectivity index (χ4v) is 13.1. The second kappa shape index (κ2) is 20.3. The zero-order valence-corrected chi connectivity index (χ0v) is 51.5. The van der Waals surface area contributed by atoms with Crippen molar-refractivity contribution in [3.8, 4) is 55.6 Å². The average Bonchev–Trinajstić information content (AvgIpc) is 1.08. The van der Waals surface area contributed by atoms with Gasteiger partial charge in [-0.1, -0.05) is 265 Å². The highest BCUT2D eigenvalue weighted by Gasteiger charge is 2.46. The summed E-state index contributed by atoms with van der Waals surface area (Å²) in [7, 11) is 0. The molecule has 0 N–H and O–H groups in total. The van der Waals surface area contributed by atoms with Crippen LogP contribution in [0.3, 0.4) is 0 Å². The molecule has 0 spiro atoms. The fraction of sp³-hybridized carbons (Fsp3) is 0.195. The van der Waals surface area contributed by atoms with Crippen LogP contribution in [0.1, 0.15) is 112 Å². The van der Waals surface area contributed by atoms with Crippen molar-refractivity contribution < 1.29 is 11.3 Å². The van der Waals surface area contributed by atoms with Gasteiger partial charge in [0.25, 0.3) is 6.71 Å². The van der Waals surface area contributed by atoms with Crippen molar-refractivity contribution in [2.75, 3.05) is 9.80 Å². The predicted octanol–water partition coefficient (Wildman–Crippen LogP) is 21.2. The minimum Gasteiger partial charge on any atom is -0.456 e. The van der Waals surface area contributed by atoms with Crippen LogP contribution in [0.2, 0.25) is 0 Å². The van der Waals surface area contributed by atoms with E-state index in [9.17, 15) is 2.74 Å². The number of nitrogens with zero attached hydrogens (tertiary/aromatic N) is 2. The van der Waals surface area contributed by atoms with Crippen LogP contribution in [0.4, 0.5) is 34.1 Å². The van der Waals surface area contributed by atoms with Gasteiger partial charge in [0.15, 0.2) is 0 Å². The van der Waals surface area contributed by atoms with E-state index in [1.165, 1.54) is 16.7 Å². The van der Waals surface area contributed by atoms with E-state index in [-0.39, 0.29) is 52.7 Å². The van der Waals surface area contributed by atoms with Gasteiger partial charge in [0, 0.05) is 39.3 Å². The Hall–Kier alpha value is -9.12. The first-order valence-electron chi connectivity index (χ1n) is 32.8. The quantitative estimate of drug-likeness (QED) is 0.148. The maximum absolute atomic E-state index is 9.48. The second-order valence-electron chi connectivity index (χ2n) is 27.9. The summed E-state index contributed by atoms with van der Waals surface area (Å²) >= 11 is 0. The molecule has 0 bridgehead atoms. The van der Waals surface area contributed by atoms with E-state index in [0.717, 1.165) is 123 Å². The molecule has 0 unspecified atom stereocenters. The van der Waals surface area contributed by atoms with E-state index in [0.29, 0.717) is 5.56 Å². The highest BCUT2D eigenvalue weighted by atomic mass is 16.3. The Morgan fingerprint density at radius 3 is 1.33 bits per heavy atom. The number of rotatable bonds is 7. The van der Waals surface area contributed by atoms with Gasteiger partial charge in [-0.3, -0.25) is 0 Å². The van der Waals surface area contributed by atoms with Crippen molar-refractivity contribution in [1.29, 1.82) is 0 Å². The lowest BCUT2D eigenvalue weighted by Gasteiger charge is -2.46. The van der Waals surface area contributed by atoms with Gasteiger partial charge >= 0.3 is 0 Å². The highest BCUT2D eigenvalue weighted by molar-refractivity contribution is 7.00. The Morgan fingerprint density at radius 1 is 0.337 bits per heavy atom. The normalized spacial score (nSPS) is 14.1. The number of anilines is 6. The molecule has 0 atom stereocenters. The van der Waals surface area contributed by atoms with Crippen LogP contribution < -0.4 is 26.2 Å². The molecule has 2 aliphatic heterocycles. The molecule has 86 heavy (non-hydrogen) atoms. The first kappa shape index (κ1) is 49.2. The molecule has 4 heteroatoms. The van der Waals surface area contributed by atoms with Crippen molar-refractivity contribution >= 4 is 79.2 Å². The smallest absolute Gasteiger partial charge is 0.252 e. The van der Waals surface area contributed by atoms with Gasteiger partial charge in [0.1, 0.15) is 11.2 Å². The van der Waals surface area contributed by atoms with Crippen LogP contribution in [-0.2, 0) is 21.7 Å². The van der Waals surface area contributed by atoms with Crippen LogP contribution in [-0.4, -0.2) is 6.71 Å². The molecule has 3 heterocycles. The molecule has 0 saturated heterocycles. The molecule has 0 aliphatic carbocycles. The van der Waals surface area contributed by atoms with Crippen molar-refractivity contribution in [3.63, 3.8) is 0 Å². The van der Waals surface area contributed by atoms with E-state index in [1.807, 2.05) is 12.1 Å². The number of hydrogen-bond donors (Lipinski definition) is 0. The van der Waals surface area contributed by atoms with Crippen LogP contribution in [0.25, 0.3) is 77.6 Å². The standard InChI is InChI=1S/C82H75BN2O/c1-79(2,3)60-41-58(42-61(47-60)80(4,5)6)57-38-40-67-69(44-57)84(71-45-59(53-29-19-14-20-30-53)46-75-76(71)64-35-25-26-36-74(64)86-75)72-50-63(82(10,11)12)51-73-77(72)83(67)68-39-37-56(52-27-17-13-18-28-52)43-70(68)85(73)78-65(54-31-21-15-22-32-54)48-62(81(7,8)9)49-66(78)55-33-23-16-24-34-55/h13-51H,1-12H3/i13D,17D,18D,27D,28D. The molecule has 11 aromatic carbocycles. The van der Waals surface area contributed by atoms with Gasteiger partial charge in [-0.15, -0.1) is 0 Å². The summed E-state index contributed by atoms with van der Waals surface area (Å²) in [5, 5.41) is 2.03. The van der Waals surface area contributed by atoms with Gasteiger partial charge < -0.3 is 14.2 Å². The molecular weight excluding hydrogens is 1040 g/mol. The third-order valence-electron chi connectivity index (χ3n) is 17.9. The Labute approximate surface area is 516 Å². The molecule has 0 saturated carbocycles. The molecule has 1 aromatic heterocycles. The number of para-hydroxylation sites is 1. The maximum Gasteiger partial charge on any atom is 0.252 e. The minimum absolute atomic E-state index is 0.125. The predicted molar refractivity (Wildman–Crippen MR) is 370 cm³/mol. The molecule has 12 aromatic rings. The van der Waals surface area contributed by atoms with Crippen molar-refractivity contribution in [2.24, 2.45) is 0 Å². The molecule has 0 fully saturated rings. The summed E-state index contributed by atoms with van der Waals surface area (Å²) in [4.78, 5) is 5.03. The number of hydrogen-bond acceptors (Lipinski definition) is 3. The van der Waals surface area contributed by atoms with Gasteiger partial charge in [-0.25, -0.2) is 0 Å². The summed E-state index contributed by atoms with van der Waals surface area (Å²) in [5.41, 5.74) is 23.8. The summed E-state index contributed by atoms with van der Waals surface area (Å²) in [6, 6.07) is 73.5. The molecule has 14 rings (SSSR count). The van der Waals surface area contributed by atoms with Gasteiger partial charge in [0.2, 0.25) is 0 Å². The van der Waals surface area contributed by atoms with Crippen LogP contribution in [0.15, 0.2) is 241 Å². The van der Waals surface area contributed by atoms with E-state index in [2.05, 4.69) is 287 Å². The van der Waals surface area contributed by atoms with Crippen LogP contribution in [0.5, 0.6) is 0 Å². The Kier molecular flexibility index (Phi) is 11.6. The third kappa shape index (κ3) is 9.46. The summed E-state index contributed by atoms with van der Waals surface area (Å²) in [5.74, 6) is 0. The molecule has 0 radical (unpaired) electrons. The zero-order chi connectivity index (χ0) is 64.0. The largest absolute Gasteiger partial charge is 0.456 e. The topological polar surface area (TPSA) is 19.6 Å². The fourth-order valence-electron chi connectivity index (χ4n) is 13.1. The molecular formula is C82H75BN2O. The summed E-state index contributed by atoms with van der Waals surface area (Å²) in [6.45, 7) is 27.1. The molecule has 422 valence electrons. The monoisotopic (exact) mass is 1120 g/mol. The summed E-state index contributed by atoms with van der Waals surface area (Å²) < 4.78 is 52.7. The van der Waals surface area contributed by atoms with Crippen LogP contribution >= 0.6 is 0 Å². The van der Waals surface area contributed by atoms with Gasteiger partial charge in [-0.2, -0.15) is 0 Å². The second-order valence-corrected chi connectivity index (χ2v) is 27.9. The first-order valence-corrected chi connectivity index (χ1v) is 30.3. The Balaban J connectivity index is 1.18. The lowest BCUT2D eigenvalue weighted by molar-refractivity contribution is 0.569. The number of furan rings is 1. The number of fused-ring (bicyclic) bond motifs is 7. The highest BCUT2D eigenvalue weighted by Crippen LogP contribution is 2.54. The van der Waals surface area contributed by atoms with Crippen LogP contribution in [0, 0.1) is 0 Å². The van der Waals surface area contributed by atoms with E-state index in [1.54, 1.807) is 0 Å². The number of benzene rings is 11. The van der Waals surface area contributed by atoms with E-state index < -0.39 is 11.5 Å². The zero-order valence-electron chi connectivity index (χ0n) is 56.5. The van der Waals surface area contributed by atoms with Crippen molar-refractivity contribution in [3.05, 3.63) is 259 Å². The lowest BCUT2D eigenvalue weighted by atomic mass is 9.33. The third-order valence-corrected chi connectivity index (χ3v) is 17.9. The van der Waals surface area contributed by atoms with Gasteiger partial charge in [0.05, 0.1) is 23.6 Å². The molecule has 2 aliphatic rings. The van der Waals surface area contributed by atoms with E-state index >= 15 is 0 Å².